The molecule has 2 fully saturated rings. The summed E-state index contributed by atoms with van der Waals surface area (Å²) in [5, 5.41) is 11.1. The van der Waals surface area contributed by atoms with Gasteiger partial charge in [-0.2, -0.15) is 13.2 Å². The number of carboxylic acid groups (broad SMARTS) is 1. The van der Waals surface area contributed by atoms with Crippen molar-refractivity contribution in [3.63, 3.8) is 0 Å². The molecule has 0 radical (unpaired) electrons. The third kappa shape index (κ3) is 8.57. The van der Waals surface area contributed by atoms with Crippen molar-refractivity contribution in [3.8, 4) is 28.7 Å². The van der Waals surface area contributed by atoms with Gasteiger partial charge in [-0.3, -0.25) is 4.90 Å². The first kappa shape index (κ1) is 38.7. The molecule has 268 valence electrons. The Morgan fingerprint density at radius 3 is 2.49 bits per heavy atom. The molecule has 51 heavy (non-hydrogen) atoms. The summed E-state index contributed by atoms with van der Waals surface area (Å²) < 4.78 is 53.0. The van der Waals surface area contributed by atoms with Gasteiger partial charge in [-0.1, -0.05) is 12.8 Å². The van der Waals surface area contributed by atoms with Crippen molar-refractivity contribution in [1.82, 2.24) is 34.8 Å². The summed E-state index contributed by atoms with van der Waals surface area (Å²) in [5.41, 5.74) is 1.48. The van der Waals surface area contributed by atoms with Crippen LogP contribution in [0, 0.1) is 5.41 Å². The van der Waals surface area contributed by atoms with Crippen molar-refractivity contribution in [2.24, 2.45) is 5.41 Å². The first-order valence-electron chi connectivity index (χ1n) is 16.7. The number of carbonyl (C=O) groups excluding carboxylic acids is 1. The topological polar surface area (TPSA) is 149 Å². The SMILES string of the molecule is CCOc1ncc(-c2cc(N(C)CC3(COC)CCCC3)c3[nH]c(-c4cnc(N5CCN(CC(=O)[O-])C[C@H]5C)cn4)nc3n2)cc1C(F)(F)F.[Na+]. The number of anilines is 2. The van der Waals surface area contributed by atoms with Crippen LogP contribution in [0.1, 0.15) is 45.1 Å². The zero-order valence-electron chi connectivity index (χ0n) is 29.6. The summed E-state index contributed by atoms with van der Waals surface area (Å²) in [7, 11) is 3.65. The zero-order valence-corrected chi connectivity index (χ0v) is 31.6. The minimum absolute atomic E-state index is 0. The van der Waals surface area contributed by atoms with E-state index in [1.54, 1.807) is 32.5 Å². The molecule has 1 N–H and O–H groups in total. The number of aromatic amines is 1. The van der Waals surface area contributed by atoms with E-state index in [0.29, 0.717) is 67.0 Å². The molecule has 13 nitrogen and oxygen atoms in total. The number of piperazine rings is 1. The van der Waals surface area contributed by atoms with Gasteiger partial charge < -0.3 is 34.2 Å². The van der Waals surface area contributed by atoms with Crippen LogP contribution in [0.4, 0.5) is 24.7 Å². The molecule has 2 aliphatic rings. The molecule has 1 aliphatic heterocycles. The maximum atomic E-state index is 14.1. The van der Waals surface area contributed by atoms with Crippen LogP contribution in [0.2, 0.25) is 0 Å². The van der Waals surface area contributed by atoms with Gasteiger partial charge in [-0.25, -0.2) is 24.9 Å². The average molecular weight is 720 g/mol. The van der Waals surface area contributed by atoms with Crippen LogP contribution in [-0.2, 0) is 15.7 Å². The molecule has 0 amide bonds. The molecule has 0 bridgehead atoms. The molecular formula is C34H41F3N9NaO4. The second kappa shape index (κ2) is 16.0. The van der Waals surface area contributed by atoms with Crippen LogP contribution in [0.3, 0.4) is 0 Å². The third-order valence-electron chi connectivity index (χ3n) is 9.51. The van der Waals surface area contributed by atoms with Gasteiger partial charge in [0.25, 0.3) is 0 Å². The minimum Gasteiger partial charge on any atom is -0.549 e. The number of carboxylic acids is 1. The maximum absolute atomic E-state index is 14.1. The normalized spacial score (nSPS) is 17.8. The Labute approximate surface area is 316 Å². The van der Waals surface area contributed by atoms with E-state index in [0.717, 1.165) is 31.7 Å². The fourth-order valence-corrected chi connectivity index (χ4v) is 7.25. The quantitative estimate of drug-likeness (QED) is 0.207. The molecular weight excluding hydrogens is 678 g/mol. The number of nitrogens with zero attached hydrogens (tertiary/aromatic N) is 8. The Balaban J connectivity index is 0.00000504. The van der Waals surface area contributed by atoms with Gasteiger partial charge in [0.2, 0.25) is 5.88 Å². The molecule has 0 unspecified atom stereocenters. The number of hydrogen-bond acceptors (Lipinski definition) is 12. The summed E-state index contributed by atoms with van der Waals surface area (Å²) in [5.74, 6) is -0.539. The van der Waals surface area contributed by atoms with Crippen molar-refractivity contribution >= 4 is 28.6 Å². The number of carbonyl (C=O) groups is 1. The number of nitrogens with one attached hydrogen (secondary N) is 1. The van der Waals surface area contributed by atoms with Crippen molar-refractivity contribution < 1.29 is 62.1 Å². The summed E-state index contributed by atoms with van der Waals surface area (Å²) >= 11 is 0. The van der Waals surface area contributed by atoms with Gasteiger partial charge in [0, 0.05) is 70.1 Å². The molecule has 1 aliphatic carbocycles. The van der Waals surface area contributed by atoms with Crippen LogP contribution in [0.15, 0.2) is 30.7 Å². The van der Waals surface area contributed by atoms with Gasteiger partial charge in [-0.05, 0) is 38.8 Å². The van der Waals surface area contributed by atoms with E-state index in [4.69, 9.17) is 19.4 Å². The smallest absolute Gasteiger partial charge is 0.549 e. The Morgan fingerprint density at radius 1 is 1.10 bits per heavy atom. The second-order valence-electron chi connectivity index (χ2n) is 13.2. The van der Waals surface area contributed by atoms with Gasteiger partial charge in [0.15, 0.2) is 11.5 Å². The molecule has 1 atom stereocenters. The second-order valence-corrected chi connectivity index (χ2v) is 13.2. The first-order valence-corrected chi connectivity index (χ1v) is 16.7. The van der Waals surface area contributed by atoms with Crippen LogP contribution in [0.25, 0.3) is 33.9 Å². The largest absolute Gasteiger partial charge is 1.00 e. The monoisotopic (exact) mass is 719 g/mol. The molecule has 0 aromatic carbocycles. The molecule has 1 saturated heterocycles. The Kier molecular flexibility index (Phi) is 12.1. The van der Waals surface area contributed by atoms with Crippen LogP contribution in [-0.4, -0.2) is 107 Å². The van der Waals surface area contributed by atoms with Crippen LogP contribution >= 0.6 is 0 Å². The summed E-state index contributed by atoms with van der Waals surface area (Å²) in [4.78, 5) is 43.1. The number of halogens is 3. The average Bonchev–Trinajstić information content (AvgIpc) is 3.71. The number of pyridine rings is 2. The number of H-pyrrole nitrogens is 1. The third-order valence-corrected chi connectivity index (χ3v) is 9.51. The molecule has 4 aromatic heterocycles. The molecule has 1 saturated carbocycles. The number of ether oxygens (including phenoxy) is 2. The summed E-state index contributed by atoms with van der Waals surface area (Å²) in [6, 6.07) is 2.77. The molecule has 6 rings (SSSR count). The molecule has 17 heteroatoms. The van der Waals surface area contributed by atoms with Gasteiger partial charge in [-0.15, -0.1) is 0 Å². The predicted octanol–water partition coefficient (Wildman–Crippen LogP) is 0.802. The van der Waals surface area contributed by atoms with Crippen molar-refractivity contribution in [1.29, 1.82) is 0 Å². The van der Waals surface area contributed by atoms with E-state index in [9.17, 15) is 23.1 Å². The summed E-state index contributed by atoms with van der Waals surface area (Å²) in [6.07, 6.45) is 4.12. The minimum atomic E-state index is -4.68. The van der Waals surface area contributed by atoms with Crippen LogP contribution < -0.4 is 49.2 Å². The van der Waals surface area contributed by atoms with E-state index < -0.39 is 23.6 Å². The number of methoxy groups -OCH3 is 1. The number of fused-ring (bicyclic) bond motifs is 1. The predicted molar refractivity (Wildman–Crippen MR) is 179 cm³/mol. The molecule has 5 heterocycles. The van der Waals surface area contributed by atoms with E-state index in [2.05, 4.69) is 29.7 Å². The Morgan fingerprint density at radius 2 is 1.86 bits per heavy atom. The van der Waals surface area contributed by atoms with E-state index in [1.165, 1.54) is 6.20 Å². The number of hydrogen-bond donors (Lipinski definition) is 1. The fraction of sp³-hybridized carbons (Fsp3) is 0.529. The van der Waals surface area contributed by atoms with Crippen molar-refractivity contribution in [3.05, 3.63) is 36.3 Å². The summed E-state index contributed by atoms with van der Waals surface area (Å²) in [6.45, 7) is 6.45. The number of rotatable bonds is 12. The maximum Gasteiger partial charge on any atom is 1.00 e. The fourth-order valence-electron chi connectivity index (χ4n) is 7.25. The number of imidazole rings is 1. The molecule has 0 spiro atoms. The van der Waals surface area contributed by atoms with Crippen molar-refractivity contribution in [2.75, 3.05) is 69.9 Å². The van der Waals surface area contributed by atoms with Crippen LogP contribution in [0.5, 0.6) is 5.88 Å². The van der Waals surface area contributed by atoms with Gasteiger partial charge >= 0.3 is 35.7 Å². The number of aliphatic carboxylic acids is 1. The van der Waals surface area contributed by atoms with Gasteiger partial charge in [0.05, 0.1) is 43.0 Å². The van der Waals surface area contributed by atoms with E-state index >= 15 is 0 Å². The number of alkyl halides is 3. The standard InChI is InChI=1S/C34H42F3N9O4.Na/c1-5-50-32-23(34(35,36)37)12-22(14-40-32)24-13-26(44(3)19-33(20-49-4)8-6-7-9-33)29-31(41-24)43-30(42-29)25-15-39-27(16-38-25)46-11-10-45(17-21(46)2)18-28(47)48;/h12-16,21H,5-11,17-20H2,1-4H3,(H,47,48)(H,41,42,43);/q;+1/p-1/t21-;/m1./s1. The zero-order chi connectivity index (χ0) is 35.6. The first-order chi connectivity index (χ1) is 23.9. The Hall–Kier alpha value is -3.57. The molecule has 4 aromatic rings. The number of aromatic nitrogens is 6. The van der Waals surface area contributed by atoms with E-state index in [1.807, 2.05) is 18.9 Å². The van der Waals surface area contributed by atoms with Gasteiger partial charge in [0.1, 0.15) is 22.6 Å². The Bertz CT molecular complexity index is 1820. The van der Waals surface area contributed by atoms with Crippen molar-refractivity contribution in [2.45, 2.75) is 51.7 Å². The van der Waals surface area contributed by atoms with E-state index in [-0.39, 0.29) is 65.4 Å².